The molecule has 0 saturated carbocycles. The van der Waals surface area contributed by atoms with Crippen LogP contribution in [0.3, 0.4) is 0 Å². The minimum absolute atomic E-state index is 0.0218. The van der Waals surface area contributed by atoms with E-state index in [0.29, 0.717) is 38.3 Å². The van der Waals surface area contributed by atoms with Gasteiger partial charge in [-0.3, -0.25) is 4.79 Å². The molecule has 0 spiro atoms. The highest BCUT2D eigenvalue weighted by molar-refractivity contribution is 5.79. The van der Waals surface area contributed by atoms with Crippen LogP contribution in [0, 0.1) is 5.82 Å². The van der Waals surface area contributed by atoms with Crippen LogP contribution in [0.1, 0.15) is 25.3 Å². The van der Waals surface area contributed by atoms with Crippen LogP contribution in [0.15, 0.2) is 24.3 Å². The Labute approximate surface area is 136 Å². The SMILES string of the molecule is CCCNC(=O)N1CCCN(C(=O)Cc2cccc(F)c2)CC1. The molecule has 0 radical (unpaired) electrons. The standard InChI is InChI=1S/C17H24FN3O2/c1-2-7-19-17(23)21-9-4-8-20(10-11-21)16(22)13-14-5-3-6-15(18)12-14/h3,5-6,12H,2,4,7-11,13H2,1H3,(H,19,23). The highest BCUT2D eigenvalue weighted by Gasteiger charge is 2.21. The molecule has 0 bridgehead atoms. The van der Waals surface area contributed by atoms with Gasteiger partial charge in [0.25, 0.3) is 0 Å². The second-order valence-corrected chi connectivity index (χ2v) is 5.76. The molecule has 1 saturated heterocycles. The Morgan fingerprint density at radius 2 is 1.91 bits per heavy atom. The van der Waals surface area contributed by atoms with E-state index in [4.69, 9.17) is 0 Å². The molecular formula is C17H24FN3O2. The van der Waals surface area contributed by atoms with Gasteiger partial charge in [0, 0.05) is 32.7 Å². The van der Waals surface area contributed by atoms with Gasteiger partial charge in [-0.05, 0) is 30.5 Å². The van der Waals surface area contributed by atoms with Crippen molar-refractivity contribution >= 4 is 11.9 Å². The Balaban J connectivity index is 1.87. The maximum atomic E-state index is 13.2. The van der Waals surface area contributed by atoms with Crippen molar-refractivity contribution in [3.05, 3.63) is 35.6 Å². The summed E-state index contributed by atoms with van der Waals surface area (Å²) >= 11 is 0. The first-order valence-corrected chi connectivity index (χ1v) is 8.15. The average molecular weight is 321 g/mol. The zero-order chi connectivity index (χ0) is 16.7. The van der Waals surface area contributed by atoms with E-state index < -0.39 is 0 Å². The van der Waals surface area contributed by atoms with Crippen LogP contribution in [-0.4, -0.2) is 54.5 Å². The molecule has 1 aromatic rings. The zero-order valence-corrected chi connectivity index (χ0v) is 13.6. The normalized spacial score (nSPS) is 15.2. The summed E-state index contributed by atoms with van der Waals surface area (Å²) in [5.41, 5.74) is 0.678. The quantitative estimate of drug-likeness (QED) is 0.922. The van der Waals surface area contributed by atoms with E-state index in [9.17, 15) is 14.0 Å². The first-order valence-electron chi connectivity index (χ1n) is 8.15. The van der Waals surface area contributed by atoms with E-state index in [2.05, 4.69) is 5.32 Å². The van der Waals surface area contributed by atoms with Gasteiger partial charge in [-0.2, -0.15) is 0 Å². The number of carbonyl (C=O) groups excluding carboxylic acids is 2. The molecule has 0 aromatic heterocycles. The fourth-order valence-electron chi connectivity index (χ4n) is 2.65. The van der Waals surface area contributed by atoms with Crippen molar-refractivity contribution in [2.75, 3.05) is 32.7 Å². The van der Waals surface area contributed by atoms with Gasteiger partial charge in [0.1, 0.15) is 5.82 Å². The lowest BCUT2D eigenvalue weighted by molar-refractivity contribution is -0.130. The minimum atomic E-state index is -0.329. The van der Waals surface area contributed by atoms with Crippen LogP contribution >= 0.6 is 0 Å². The Morgan fingerprint density at radius 3 is 2.65 bits per heavy atom. The van der Waals surface area contributed by atoms with E-state index in [1.165, 1.54) is 12.1 Å². The summed E-state index contributed by atoms with van der Waals surface area (Å²) in [6.45, 7) is 5.01. The molecule has 1 N–H and O–H groups in total. The van der Waals surface area contributed by atoms with Crippen LogP contribution in [0.2, 0.25) is 0 Å². The van der Waals surface area contributed by atoms with Gasteiger partial charge in [-0.1, -0.05) is 19.1 Å². The van der Waals surface area contributed by atoms with Crippen LogP contribution in [0.5, 0.6) is 0 Å². The molecule has 1 heterocycles. The largest absolute Gasteiger partial charge is 0.341 e. The summed E-state index contributed by atoms with van der Waals surface area (Å²) in [5.74, 6) is -0.351. The highest BCUT2D eigenvalue weighted by atomic mass is 19.1. The third-order valence-corrected chi connectivity index (χ3v) is 3.91. The minimum Gasteiger partial charge on any atom is -0.341 e. The average Bonchev–Trinajstić information content (AvgIpc) is 2.78. The van der Waals surface area contributed by atoms with E-state index in [1.54, 1.807) is 21.9 Å². The third kappa shape index (κ3) is 5.23. The number of carbonyl (C=O) groups is 2. The van der Waals surface area contributed by atoms with Gasteiger partial charge in [-0.25, -0.2) is 9.18 Å². The molecular weight excluding hydrogens is 297 g/mol. The second kappa shape index (κ2) is 8.50. The van der Waals surface area contributed by atoms with Gasteiger partial charge < -0.3 is 15.1 Å². The number of hydrogen-bond acceptors (Lipinski definition) is 2. The van der Waals surface area contributed by atoms with Gasteiger partial charge in [0.2, 0.25) is 5.91 Å². The third-order valence-electron chi connectivity index (χ3n) is 3.91. The van der Waals surface area contributed by atoms with Crippen LogP contribution in [0.25, 0.3) is 0 Å². The van der Waals surface area contributed by atoms with Crippen molar-refractivity contribution in [2.45, 2.75) is 26.2 Å². The highest BCUT2D eigenvalue weighted by Crippen LogP contribution is 2.09. The van der Waals surface area contributed by atoms with Crippen LogP contribution in [0.4, 0.5) is 9.18 Å². The smallest absolute Gasteiger partial charge is 0.317 e. The zero-order valence-electron chi connectivity index (χ0n) is 13.6. The van der Waals surface area contributed by atoms with Gasteiger partial charge in [0.15, 0.2) is 0 Å². The lowest BCUT2D eigenvalue weighted by Crippen LogP contribution is -2.43. The maximum absolute atomic E-state index is 13.2. The molecule has 1 aliphatic heterocycles. The number of halogens is 1. The fraction of sp³-hybridized carbons (Fsp3) is 0.529. The predicted molar refractivity (Wildman–Crippen MR) is 86.6 cm³/mol. The first-order chi connectivity index (χ1) is 11.1. The van der Waals surface area contributed by atoms with Gasteiger partial charge >= 0.3 is 6.03 Å². The first kappa shape index (κ1) is 17.2. The van der Waals surface area contributed by atoms with Crippen LogP contribution < -0.4 is 5.32 Å². The summed E-state index contributed by atoms with van der Waals surface area (Å²) in [7, 11) is 0. The van der Waals surface area contributed by atoms with Crippen molar-refractivity contribution < 1.29 is 14.0 Å². The van der Waals surface area contributed by atoms with E-state index >= 15 is 0 Å². The summed E-state index contributed by atoms with van der Waals surface area (Å²) < 4.78 is 13.2. The molecule has 3 amide bonds. The number of nitrogens with zero attached hydrogens (tertiary/aromatic N) is 2. The molecule has 1 aliphatic rings. The Kier molecular flexibility index (Phi) is 6.38. The van der Waals surface area contributed by atoms with Crippen molar-refractivity contribution in [2.24, 2.45) is 0 Å². The monoisotopic (exact) mass is 321 g/mol. The van der Waals surface area contributed by atoms with Crippen molar-refractivity contribution in [1.82, 2.24) is 15.1 Å². The van der Waals surface area contributed by atoms with Crippen molar-refractivity contribution in [1.29, 1.82) is 0 Å². The molecule has 23 heavy (non-hydrogen) atoms. The number of rotatable bonds is 4. The Bertz CT molecular complexity index is 550. The van der Waals surface area contributed by atoms with Gasteiger partial charge in [0.05, 0.1) is 6.42 Å². The summed E-state index contributed by atoms with van der Waals surface area (Å²) in [5, 5.41) is 2.86. The summed E-state index contributed by atoms with van der Waals surface area (Å²) in [4.78, 5) is 27.9. The van der Waals surface area contributed by atoms with E-state index in [1.807, 2.05) is 6.92 Å². The number of benzene rings is 1. The van der Waals surface area contributed by atoms with E-state index in [-0.39, 0.29) is 24.2 Å². The second-order valence-electron chi connectivity index (χ2n) is 5.76. The Hall–Kier alpha value is -2.11. The fourth-order valence-corrected chi connectivity index (χ4v) is 2.65. The van der Waals surface area contributed by atoms with E-state index in [0.717, 1.165) is 12.8 Å². The molecule has 6 heteroatoms. The number of urea groups is 1. The van der Waals surface area contributed by atoms with Crippen LogP contribution in [-0.2, 0) is 11.2 Å². The number of nitrogens with one attached hydrogen (secondary N) is 1. The molecule has 0 atom stereocenters. The Morgan fingerprint density at radius 1 is 1.17 bits per heavy atom. The topological polar surface area (TPSA) is 52.7 Å². The van der Waals surface area contributed by atoms with Gasteiger partial charge in [-0.15, -0.1) is 0 Å². The molecule has 0 unspecified atom stereocenters. The summed E-state index contributed by atoms with van der Waals surface area (Å²) in [6, 6.07) is 6.06. The lowest BCUT2D eigenvalue weighted by Gasteiger charge is -2.22. The van der Waals surface area contributed by atoms with Crippen molar-refractivity contribution in [3.63, 3.8) is 0 Å². The number of amides is 3. The number of hydrogen-bond donors (Lipinski definition) is 1. The molecule has 1 fully saturated rings. The molecule has 2 rings (SSSR count). The predicted octanol–water partition coefficient (Wildman–Crippen LogP) is 2.02. The molecule has 5 nitrogen and oxygen atoms in total. The summed E-state index contributed by atoms with van der Waals surface area (Å²) in [6.07, 6.45) is 1.85. The van der Waals surface area contributed by atoms with Crippen molar-refractivity contribution in [3.8, 4) is 0 Å². The molecule has 1 aromatic carbocycles. The lowest BCUT2D eigenvalue weighted by atomic mass is 10.1. The maximum Gasteiger partial charge on any atom is 0.317 e. The molecule has 126 valence electrons. The molecule has 0 aliphatic carbocycles.